The van der Waals surface area contributed by atoms with Gasteiger partial charge in [0.05, 0.1) is 6.04 Å². The minimum atomic E-state index is -0.105. The van der Waals surface area contributed by atoms with Crippen molar-refractivity contribution in [3.05, 3.63) is 23.8 Å². The van der Waals surface area contributed by atoms with Gasteiger partial charge in [-0.2, -0.15) is 0 Å². The maximum atomic E-state index is 12.4. The van der Waals surface area contributed by atoms with Crippen molar-refractivity contribution in [2.45, 2.75) is 52.1 Å². The van der Waals surface area contributed by atoms with Gasteiger partial charge in [-0.15, -0.1) is 0 Å². The fraction of sp³-hybridized carbons (Fsp3) is 0.562. The van der Waals surface area contributed by atoms with E-state index >= 15 is 0 Å². The minimum Gasteiger partial charge on any atom is -0.399 e. The largest absolute Gasteiger partial charge is 0.399 e. The van der Waals surface area contributed by atoms with Crippen LogP contribution in [0.4, 0.5) is 11.4 Å². The first-order valence-electron chi connectivity index (χ1n) is 7.42. The van der Waals surface area contributed by atoms with Crippen molar-refractivity contribution in [3.63, 3.8) is 0 Å². The zero-order chi connectivity index (χ0) is 14.7. The van der Waals surface area contributed by atoms with E-state index in [1.165, 1.54) is 19.3 Å². The molecule has 0 spiro atoms. The molecule has 1 aliphatic heterocycles. The summed E-state index contributed by atoms with van der Waals surface area (Å²) in [5.41, 5.74) is 8.30. The Labute approximate surface area is 121 Å². The average molecular weight is 275 g/mol. The lowest BCUT2D eigenvalue weighted by Gasteiger charge is -2.37. The summed E-state index contributed by atoms with van der Waals surface area (Å²) in [6.07, 6.45) is 3.62. The van der Waals surface area contributed by atoms with Gasteiger partial charge in [0.25, 0.3) is 0 Å². The van der Waals surface area contributed by atoms with E-state index in [1.54, 1.807) is 0 Å². The molecule has 1 amide bonds. The van der Waals surface area contributed by atoms with Crippen molar-refractivity contribution >= 4 is 17.3 Å². The van der Waals surface area contributed by atoms with Crippen LogP contribution in [0.3, 0.4) is 0 Å². The van der Waals surface area contributed by atoms with E-state index in [0.717, 1.165) is 17.8 Å². The summed E-state index contributed by atoms with van der Waals surface area (Å²) in [6, 6.07) is 5.97. The molecular formula is C16H25N3O. The van der Waals surface area contributed by atoms with Crippen molar-refractivity contribution in [1.29, 1.82) is 0 Å². The van der Waals surface area contributed by atoms with E-state index < -0.39 is 0 Å². The monoisotopic (exact) mass is 275 g/mol. The van der Waals surface area contributed by atoms with E-state index in [9.17, 15) is 4.79 Å². The second kappa shape index (κ2) is 6.27. The molecule has 1 fully saturated rings. The molecule has 1 aromatic carbocycles. The van der Waals surface area contributed by atoms with Gasteiger partial charge in [0.2, 0.25) is 5.91 Å². The molecule has 0 aromatic heterocycles. The summed E-state index contributed by atoms with van der Waals surface area (Å²) in [5, 5.41) is 3.01. The third-order valence-electron chi connectivity index (χ3n) is 4.25. The number of carbonyl (C=O) groups excluding carboxylic acids is 1. The highest BCUT2D eigenvalue weighted by molar-refractivity contribution is 5.95. The van der Waals surface area contributed by atoms with Crippen molar-refractivity contribution in [3.8, 4) is 0 Å². The maximum Gasteiger partial charge on any atom is 0.241 e. The van der Waals surface area contributed by atoms with Crippen LogP contribution in [0.5, 0.6) is 0 Å². The standard InChI is InChI=1S/C16H25N3O/c1-11-7-8-14(17)10-15(11)18-16(20)13(3)19-9-5-4-6-12(19)2/h7-8,10,12-13H,4-6,9,17H2,1-3H3,(H,18,20). The third-order valence-corrected chi connectivity index (χ3v) is 4.25. The predicted octanol–water partition coefficient (Wildman–Crippen LogP) is 2.78. The van der Waals surface area contributed by atoms with Gasteiger partial charge in [-0.25, -0.2) is 0 Å². The summed E-state index contributed by atoms with van der Waals surface area (Å²) in [5.74, 6) is 0.0486. The second-order valence-corrected chi connectivity index (χ2v) is 5.82. The quantitative estimate of drug-likeness (QED) is 0.834. The molecular weight excluding hydrogens is 250 g/mol. The zero-order valence-corrected chi connectivity index (χ0v) is 12.6. The Hall–Kier alpha value is -1.55. The van der Waals surface area contributed by atoms with E-state index in [0.29, 0.717) is 11.7 Å². The van der Waals surface area contributed by atoms with E-state index in [-0.39, 0.29) is 11.9 Å². The van der Waals surface area contributed by atoms with Crippen LogP contribution in [0.25, 0.3) is 0 Å². The smallest absolute Gasteiger partial charge is 0.241 e. The van der Waals surface area contributed by atoms with Gasteiger partial charge in [0.15, 0.2) is 0 Å². The van der Waals surface area contributed by atoms with Crippen molar-refractivity contribution in [2.24, 2.45) is 0 Å². The van der Waals surface area contributed by atoms with Crippen LogP contribution in [0.1, 0.15) is 38.7 Å². The third kappa shape index (κ3) is 3.31. The van der Waals surface area contributed by atoms with E-state index in [2.05, 4.69) is 17.1 Å². The van der Waals surface area contributed by atoms with Crippen molar-refractivity contribution in [2.75, 3.05) is 17.6 Å². The summed E-state index contributed by atoms with van der Waals surface area (Å²) in [6.45, 7) is 7.17. The highest BCUT2D eigenvalue weighted by Crippen LogP contribution is 2.22. The lowest BCUT2D eigenvalue weighted by atomic mass is 10.0. The van der Waals surface area contributed by atoms with Gasteiger partial charge in [0, 0.05) is 17.4 Å². The number of nitrogens with zero attached hydrogens (tertiary/aromatic N) is 1. The zero-order valence-electron chi connectivity index (χ0n) is 12.6. The number of benzene rings is 1. The average Bonchev–Trinajstić information content (AvgIpc) is 2.42. The molecule has 0 radical (unpaired) electrons. The van der Waals surface area contributed by atoms with Crippen LogP contribution in [-0.2, 0) is 4.79 Å². The van der Waals surface area contributed by atoms with Gasteiger partial charge >= 0.3 is 0 Å². The highest BCUT2D eigenvalue weighted by atomic mass is 16.2. The lowest BCUT2D eigenvalue weighted by Crippen LogP contribution is -2.48. The fourth-order valence-corrected chi connectivity index (χ4v) is 2.86. The number of nitrogens with two attached hydrogens (primary N) is 1. The summed E-state index contributed by atoms with van der Waals surface area (Å²) < 4.78 is 0. The van der Waals surface area contributed by atoms with Crippen molar-refractivity contribution < 1.29 is 4.79 Å². The molecule has 2 rings (SSSR count). The van der Waals surface area contributed by atoms with Crippen molar-refractivity contribution in [1.82, 2.24) is 4.90 Å². The van der Waals surface area contributed by atoms with Gasteiger partial charge in [-0.3, -0.25) is 9.69 Å². The Kier molecular flexibility index (Phi) is 4.65. The molecule has 4 nitrogen and oxygen atoms in total. The SMILES string of the molecule is Cc1ccc(N)cc1NC(=O)C(C)N1CCCCC1C. The summed E-state index contributed by atoms with van der Waals surface area (Å²) >= 11 is 0. The number of likely N-dealkylation sites (tertiary alicyclic amines) is 1. The highest BCUT2D eigenvalue weighted by Gasteiger charge is 2.27. The Bertz CT molecular complexity index is 487. The number of aryl methyl sites for hydroxylation is 1. The molecule has 1 aliphatic rings. The molecule has 0 aliphatic carbocycles. The van der Waals surface area contributed by atoms with Gasteiger partial charge in [0.1, 0.15) is 0 Å². The van der Waals surface area contributed by atoms with Gasteiger partial charge in [-0.1, -0.05) is 12.5 Å². The number of anilines is 2. The first kappa shape index (κ1) is 14.9. The normalized spacial score (nSPS) is 21.4. The number of nitrogens with one attached hydrogen (secondary N) is 1. The molecule has 2 unspecified atom stereocenters. The van der Waals surface area contributed by atoms with Crippen LogP contribution >= 0.6 is 0 Å². The number of carbonyl (C=O) groups is 1. The first-order chi connectivity index (χ1) is 9.49. The van der Waals surface area contributed by atoms with E-state index in [4.69, 9.17) is 5.73 Å². The van der Waals surface area contributed by atoms with Crippen LogP contribution in [0, 0.1) is 6.92 Å². The van der Waals surface area contributed by atoms with Crippen LogP contribution in [-0.4, -0.2) is 29.4 Å². The fourth-order valence-electron chi connectivity index (χ4n) is 2.86. The molecule has 1 aromatic rings. The molecule has 1 saturated heterocycles. The minimum absolute atomic E-state index is 0.0486. The Morgan fingerprint density at radius 3 is 2.90 bits per heavy atom. The molecule has 1 heterocycles. The molecule has 110 valence electrons. The second-order valence-electron chi connectivity index (χ2n) is 5.82. The number of rotatable bonds is 3. The Morgan fingerprint density at radius 1 is 1.45 bits per heavy atom. The maximum absolute atomic E-state index is 12.4. The Morgan fingerprint density at radius 2 is 2.20 bits per heavy atom. The topological polar surface area (TPSA) is 58.4 Å². The summed E-state index contributed by atoms with van der Waals surface area (Å²) in [7, 11) is 0. The number of hydrogen-bond donors (Lipinski definition) is 2. The van der Waals surface area contributed by atoms with Gasteiger partial charge in [-0.05, 0) is 57.9 Å². The van der Waals surface area contributed by atoms with Crippen LogP contribution in [0.2, 0.25) is 0 Å². The Balaban J connectivity index is 2.05. The molecule has 20 heavy (non-hydrogen) atoms. The van der Waals surface area contributed by atoms with Gasteiger partial charge < -0.3 is 11.1 Å². The molecule has 3 N–H and O–H groups in total. The number of amides is 1. The number of nitrogen functional groups attached to an aromatic ring is 1. The molecule has 0 saturated carbocycles. The number of hydrogen-bond acceptors (Lipinski definition) is 3. The molecule has 2 atom stereocenters. The van der Waals surface area contributed by atoms with Crippen LogP contribution < -0.4 is 11.1 Å². The number of piperidine rings is 1. The summed E-state index contributed by atoms with van der Waals surface area (Å²) in [4.78, 5) is 14.7. The van der Waals surface area contributed by atoms with E-state index in [1.807, 2.05) is 32.0 Å². The molecule has 0 bridgehead atoms. The predicted molar refractivity (Wildman–Crippen MR) is 83.7 cm³/mol. The molecule has 4 heteroatoms. The van der Waals surface area contributed by atoms with Crippen LogP contribution in [0.15, 0.2) is 18.2 Å². The first-order valence-corrected chi connectivity index (χ1v) is 7.42. The lowest BCUT2D eigenvalue weighted by molar-refractivity contribution is -0.122.